The van der Waals surface area contributed by atoms with Gasteiger partial charge in [0.2, 0.25) is 0 Å². The first-order chi connectivity index (χ1) is 9.24. The summed E-state index contributed by atoms with van der Waals surface area (Å²) in [4.78, 5) is 14.8. The normalized spacial score (nSPS) is 17.4. The van der Waals surface area contributed by atoms with Crippen LogP contribution in [0.4, 0.5) is 19.0 Å². The fraction of sp³-hybridized carbons (Fsp3) is 0.500. The van der Waals surface area contributed by atoms with Crippen molar-refractivity contribution >= 4 is 23.4 Å². The minimum Gasteiger partial charge on any atom is -0.481 e. The van der Waals surface area contributed by atoms with Crippen molar-refractivity contribution in [2.24, 2.45) is 5.41 Å². The van der Waals surface area contributed by atoms with Gasteiger partial charge in [-0.1, -0.05) is 18.0 Å². The molecule has 110 valence electrons. The maximum Gasteiger partial charge on any atom is 0.417 e. The molecular weight excluding hydrogens is 297 g/mol. The molecule has 0 spiro atoms. The second-order valence-corrected chi connectivity index (χ2v) is 5.25. The Hall–Kier alpha value is -1.50. The number of nitrogens with zero attached hydrogens (tertiary/aromatic N) is 1. The van der Waals surface area contributed by atoms with E-state index in [9.17, 15) is 18.0 Å². The molecule has 1 aromatic rings. The molecule has 20 heavy (non-hydrogen) atoms. The quantitative estimate of drug-likeness (QED) is 0.894. The Kier molecular flexibility index (Phi) is 3.82. The number of alkyl halides is 3. The lowest BCUT2D eigenvalue weighted by Gasteiger charge is -2.37. The predicted octanol–water partition coefficient (Wildman–Crippen LogP) is 3.42. The van der Waals surface area contributed by atoms with E-state index in [1.807, 2.05) is 0 Å². The molecule has 0 amide bonds. The van der Waals surface area contributed by atoms with Gasteiger partial charge in [-0.15, -0.1) is 0 Å². The lowest BCUT2D eigenvalue weighted by molar-refractivity contribution is -0.153. The predicted molar refractivity (Wildman–Crippen MR) is 66.7 cm³/mol. The Morgan fingerprint density at radius 1 is 1.50 bits per heavy atom. The van der Waals surface area contributed by atoms with Gasteiger partial charge < -0.3 is 10.4 Å². The van der Waals surface area contributed by atoms with Gasteiger partial charge in [0.05, 0.1) is 16.0 Å². The Morgan fingerprint density at radius 3 is 2.55 bits per heavy atom. The average Bonchev–Trinajstić information content (AvgIpc) is 2.27. The molecular formula is C12H12ClF3N2O2. The number of carbonyl (C=O) groups is 1. The first kappa shape index (κ1) is 14.9. The number of rotatable bonds is 4. The van der Waals surface area contributed by atoms with E-state index in [2.05, 4.69) is 10.3 Å². The SMILES string of the molecule is O=C(O)C1(CNc2ncc(C(F)(F)F)cc2Cl)CCC1. The number of anilines is 1. The van der Waals surface area contributed by atoms with Crippen LogP contribution in [0.15, 0.2) is 12.3 Å². The summed E-state index contributed by atoms with van der Waals surface area (Å²) < 4.78 is 37.3. The lowest BCUT2D eigenvalue weighted by atomic mass is 9.69. The van der Waals surface area contributed by atoms with E-state index in [-0.39, 0.29) is 17.4 Å². The van der Waals surface area contributed by atoms with Gasteiger partial charge in [-0.2, -0.15) is 13.2 Å². The van der Waals surface area contributed by atoms with Crippen LogP contribution in [-0.2, 0) is 11.0 Å². The highest BCUT2D eigenvalue weighted by atomic mass is 35.5. The second-order valence-electron chi connectivity index (χ2n) is 4.84. The first-order valence-electron chi connectivity index (χ1n) is 5.95. The standard InChI is InChI=1S/C12H12ClF3N2O2/c13-8-4-7(12(14,15)16)5-17-9(8)18-6-11(10(19)20)2-1-3-11/h4-5H,1-3,6H2,(H,17,18)(H,19,20). The molecule has 0 aliphatic heterocycles. The number of hydrogen-bond donors (Lipinski definition) is 2. The summed E-state index contributed by atoms with van der Waals surface area (Å²) in [5, 5.41) is 11.7. The lowest BCUT2D eigenvalue weighted by Crippen LogP contribution is -2.43. The Bertz CT molecular complexity index is 530. The molecule has 1 heterocycles. The maximum atomic E-state index is 12.4. The largest absolute Gasteiger partial charge is 0.481 e. The first-order valence-corrected chi connectivity index (χ1v) is 6.32. The minimum atomic E-state index is -4.51. The smallest absolute Gasteiger partial charge is 0.417 e. The van der Waals surface area contributed by atoms with Crippen molar-refractivity contribution in [1.29, 1.82) is 0 Å². The van der Waals surface area contributed by atoms with Gasteiger partial charge in [0.1, 0.15) is 5.82 Å². The average molecular weight is 309 g/mol. The zero-order chi connectivity index (χ0) is 15.0. The van der Waals surface area contributed by atoms with Crippen molar-refractivity contribution in [3.05, 3.63) is 22.8 Å². The molecule has 1 aliphatic rings. The number of halogens is 4. The molecule has 1 aliphatic carbocycles. The molecule has 0 saturated heterocycles. The summed E-state index contributed by atoms with van der Waals surface area (Å²) >= 11 is 5.73. The van der Waals surface area contributed by atoms with Crippen LogP contribution in [0.25, 0.3) is 0 Å². The third-order valence-electron chi connectivity index (χ3n) is 3.53. The van der Waals surface area contributed by atoms with E-state index in [1.54, 1.807) is 0 Å². The molecule has 0 bridgehead atoms. The monoisotopic (exact) mass is 308 g/mol. The van der Waals surface area contributed by atoms with Gasteiger partial charge in [0.15, 0.2) is 0 Å². The number of carboxylic acids is 1. The highest BCUT2D eigenvalue weighted by Crippen LogP contribution is 2.41. The molecule has 0 unspecified atom stereocenters. The summed E-state index contributed by atoms with van der Waals surface area (Å²) in [6, 6.07) is 0.769. The van der Waals surface area contributed by atoms with Crippen LogP contribution < -0.4 is 5.32 Å². The Balaban J connectivity index is 2.09. The second kappa shape index (κ2) is 5.12. The van der Waals surface area contributed by atoms with Crippen LogP contribution in [0.2, 0.25) is 5.02 Å². The van der Waals surface area contributed by atoms with Crippen LogP contribution in [0.1, 0.15) is 24.8 Å². The van der Waals surface area contributed by atoms with Crippen molar-refractivity contribution in [2.75, 3.05) is 11.9 Å². The molecule has 4 nitrogen and oxygen atoms in total. The summed E-state index contributed by atoms with van der Waals surface area (Å²) in [5.74, 6) is -0.855. The highest BCUT2D eigenvalue weighted by Gasteiger charge is 2.44. The van der Waals surface area contributed by atoms with Crippen LogP contribution in [0, 0.1) is 5.41 Å². The molecule has 1 aromatic heterocycles. The van der Waals surface area contributed by atoms with Crippen LogP contribution in [0.3, 0.4) is 0 Å². The van der Waals surface area contributed by atoms with Crippen molar-refractivity contribution in [3.8, 4) is 0 Å². The molecule has 0 radical (unpaired) electrons. The maximum absolute atomic E-state index is 12.4. The van der Waals surface area contributed by atoms with Crippen molar-refractivity contribution in [1.82, 2.24) is 4.98 Å². The van der Waals surface area contributed by atoms with E-state index in [4.69, 9.17) is 16.7 Å². The van der Waals surface area contributed by atoms with Gasteiger partial charge in [0, 0.05) is 12.7 Å². The zero-order valence-corrected chi connectivity index (χ0v) is 11.1. The van der Waals surface area contributed by atoms with Crippen molar-refractivity contribution in [2.45, 2.75) is 25.4 Å². The molecule has 0 aromatic carbocycles. The fourth-order valence-corrected chi connectivity index (χ4v) is 2.28. The molecule has 2 rings (SSSR count). The molecule has 0 atom stereocenters. The van der Waals surface area contributed by atoms with Crippen molar-refractivity contribution < 1.29 is 23.1 Å². The fourth-order valence-electron chi connectivity index (χ4n) is 2.05. The van der Waals surface area contributed by atoms with Crippen LogP contribution >= 0.6 is 11.6 Å². The molecule has 1 fully saturated rings. The third-order valence-corrected chi connectivity index (χ3v) is 3.82. The zero-order valence-electron chi connectivity index (χ0n) is 10.3. The number of aliphatic carboxylic acids is 1. The number of hydrogen-bond acceptors (Lipinski definition) is 3. The summed E-state index contributed by atoms with van der Waals surface area (Å²) in [6.45, 7) is 0.0976. The van der Waals surface area contributed by atoms with Gasteiger partial charge in [-0.25, -0.2) is 4.98 Å². The third kappa shape index (κ3) is 2.82. The summed E-state index contributed by atoms with van der Waals surface area (Å²) in [5.41, 5.74) is -1.81. The number of aromatic nitrogens is 1. The van der Waals surface area contributed by atoms with E-state index in [0.29, 0.717) is 19.0 Å². The van der Waals surface area contributed by atoms with Gasteiger partial charge >= 0.3 is 12.1 Å². The van der Waals surface area contributed by atoms with E-state index in [0.717, 1.165) is 12.5 Å². The van der Waals surface area contributed by atoms with Crippen LogP contribution in [0.5, 0.6) is 0 Å². The van der Waals surface area contributed by atoms with Crippen molar-refractivity contribution in [3.63, 3.8) is 0 Å². The number of nitrogens with one attached hydrogen (secondary N) is 1. The summed E-state index contributed by atoms with van der Waals surface area (Å²) in [7, 11) is 0. The molecule has 8 heteroatoms. The Labute approximate surface area is 118 Å². The minimum absolute atomic E-state index is 0.0622. The van der Waals surface area contributed by atoms with Gasteiger partial charge in [-0.05, 0) is 18.9 Å². The van der Waals surface area contributed by atoms with Gasteiger partial charge in [0.25, 0.3) is 0 Å². The van der Waals surface area contributed by atoms with Crippen LogP contribution in [-0.4, -0.2) is 22.6 Å². The number of pyridine rings is 1. The van der Waals surface area contributed by atoms with E-state index < -0.39 is 23.1 Å². The highest BCUT2D eigenvalue weighted by molar-refractivity contribution is 6.33. The molecule has 2 N–H and O–H groups in total. The molecule has 1 saturated carbocycles. The number of carboxylic acid groups (broad SMARTS) is 1. The summed E-state index contributed by atoms with van der Waals surface area (Å²) in [6.07, 6.45) is -1.95. The van der Waals surface area contributed by atoms with Gasteiger partial charge in [-0.3, -0.25) is 4.79 Å². The Morgan fingerprint density at radius 2 is 2.15 bits per heavy atom. The van der Waals surface area contributed by atoms with E-state index >= 15 is 0 Å². The topological polar surface area (TPSA) is 62.2 Å². The van der Waals surface area contributed by atoms with E-state index in [1.165, 1.54) is 0 Å².